The van der Waals surface area contributed by atoms with Crippen LogP contribution in [0.15, 0.2) is 47.3 Å². The highest BCUT2D eigenvalue weighted by Crippen LogP contribution is 2.08. The molecule has 0 aliphatic rings. The fourth-order valence-corrected chi connectivity index (χ4v) is 1.50. The van der Waals surface area contributed by atoms with E-state index in [2.05, 4.69) is 10.3 Å². The van der Waals surface area contributed by atoms with E-state index in [1.54, 1.807) is 18.7 Å². The van der Waals surface area contributed by atoms with Gasteiger partial charge in [-0.1, -0.05) is 0 Å². The highest BCUT2D eigenvalue weighted by molar-refractivity contribution is 5.15. The molecule has 0 saturated carbocycles. The van der Waals surface area contributed by atoms with Crippen molar-refractivity contribution >= 4 is 0 Å². The first kappa shape index (κ1) is 11.7. The van der Waals surface area contributed by atoms with E-state index >= 15 is 0 Å². The predicted octanol–water partition coefficient (Wildman–Crippen LogP) is 2.23. The van der Waals surface area contributed by atoms with Gasteiger partial charge in [0.25, 0.3) is 0 Å². The van der Waals surface area contributed by atoms with Crippen molar-refractivity contribution in [2.24, 2.45) is 0 Å². The molecule has 0 amide bonds. The van der Waals surface area contributed by atoms with E-state index < -0.39 is 0 Å². The molecule has 2 rings (SSSR count). The van der Waals surface area contributed by atoms with E-state index in [0.717, 1.165) is 18.1 Å². The highest BCUT2D eigenvalue weighted by Gasteiger charge is 2.04. The van der Waals surface area contributed by atoms with Crippen LogP contribution in [0.2, 0.25) is 0 Å². The third-order valence-corrected chi connectivity index (χ3v) is 2.28. The summed E-state index contributed by atoms with van der Waals surface area (Å²) in [5.74, 6) is 1.72. The van der Waals surface area contributed by atoms with Crippen LogP contribution in [0.4, 0.5) is 0 Å². The third-order valence-electron chi connectivity index (χ3n) is 2.28. The number of pyridine rings is 1. The standard InChI is InChI=1S/C13H16N2O2/c1-11(17-13-4-2-6-14-10-13)8-15-9-12-5-3-7-16-12/h2-7,10-11,15H,8-9H2,1H3. The minimum absolute atomic E-state index is 0.0918. The van der Waals surface area contributed by atoms with E-state index in [-0.39, 0.29) is 6.10 Å². The van der Waals surface area contributed by atoms with Crippen LogP contribution < -0.4 is 10.1 Å². The van der Waals surface area contributed by atoms with Crippen molar-refractivity contribution in [2.45, 2.75) is 19.6 Å². The summed E-state index contributed by atoms with van der Waals surface area (Å²) in [5.41, 5.74) is 0. The average molecular weight is 232 g/mol. The van der Waals surface area contributed by atoms with Gasteiger partial charge in [-0.25, -0.2) is 0 Å². The topological polar surface area (TPSA) is 47.3 Å². The van der Waals surface area contributed by atoms with Gasteiger partial charge in [0.05, 0.1) is 19.0 Å². The zero-order chi connectivity index (χ0) is 11.9. The molecule has 0 bridgehead atoms. The molecule has 0 aliphatic carbocycles. The maximum Gasteiger partial charge on any atom is 0.138 e. The van der Waals surface area contributed by atoms with Crippen molar-refractivity contribution in [2.75, 3.05) is 6.54 Å². The van der Waals surface area contributed by atoms with Crippen molar-refractivity contribution in [3.05, 3.63) is 48.7 Å². The maximum atomic E-state index is 5.68. The predicted molar refractivity (Wildman–Crippen MR) is 64.7 cm³/mol. The lowest BCUT2D eigenvalue weighted by molar-refractivity contribution is 0.215. The fourth-order valence-electron chi connectivity index (χ4n) is 1.50. The van der Waals surface area contributed by atoms with Gasteiger partial charge in [0.15, 0.2) is 0 Å². The van der Waals surface area contributed by atoms with Crippen molar-refractivity contribution < 1.29 is 9.15 Å². The van der Waals surface area contributed by atoms with Crippen LogP contribution in [0, 0.1) is 0 Å². The van der Waals surface area contributed by atoms with E-state index in [4.69, 9.17) is 9.15 Å². The average Bonchev–Trinajstić information content (AvgIpc) is 2.83. The summed E-state index contributed by atoms with van der Waals surface area (Å²) >= 11 is 0. The molecular weight excluding hydrogens is 216 g/mol. The smallest absolute Gasteiger partial charge is 0.138 e. The zero-order valence-corrected chi connectivity index (χ0v) is 9.80. The molecule has 0 saturated heterocycles. The summed E-state index contributed by atoms with van der Waals surface area (Å²) in [5, 5.41) is 3.27. The minimum atomic E-state index is 0.0918. The van der Waals surface area contributed by atoms with Gasteiger partial charge in [-0.05, 0) is 31.2 Å². The molecule has 2 aromatic heterocycles. The van der Waals surface area contributed by atoms with E-state index in [0.29, 0.717) is 6.54 Å². The van der Waals surface area contributed by atoms with Crippen LogP contribution in [0.1, 0.15) is 12.7 Å². The summed E-state index contributed by atoms with van der Waals surface area (Å²) in [4.78, 5) is 4.00. The Morgan fingerprint density at radius 1 is 1.41 bits per heavy atom. The number of nitrogens with zero attached hydrogens (tertiary/aromatic N) is 1. The van der Waals surface area contributed by atoms with Crippen LogP contribution in [0.3, 0.4) is 0 Å². The molecule has 0 aromatic carbocycles. The van der Waals surface area contributed by atoms with Crippen LogP contribution >= 0.6 is 0 Å². The van der Waals surface area contributed by atoms with Gasteiger partial charge in [-0.3, -0.25) is 4.98 Å². The lowest BCUT2D eigenvalue weighted by Gasteiger charge is -2.14. The Hall–Kier alpha value is -1.81. The van der Waals surface area contributed by atoms with E-state index in [9.17, 15) is 0 Å². The van der Waals surface area contributed by atoms with Crippen molar-refractivity contribution in [1.82, 2.24) is 10.3 Å². The quantitative estimate of drug-likeness (QED) is 0.829. The second kappa shape index (κ2) is 6.06. The Kier molecular flexibility index (Phi) is 4.16. The molecular formula is C13H16N2O2. The Morgan fingerprint density at radius 3 is 3.06 bits per heavy atom. The summed E-state index contributed by atoms with van der Waals surface area (Å²) in [6.45, 7) is 3.49. The van der Waals surface area contributed by atoms with Gasteiger partial charge >= 0.3 is 0 Å². The van der Waals surface area contributed by atoms with Crippen molar-refractivity contribution in [3.8, 4) is 5.75 Å². The van der Waals surface area contributed by atoms with Gasteiger partial charge in [0.1, 0.15) is 17.6 Å². The number of rotatable bonds is 6. The molecule has 1 unspecified atom stereocenters. The number of furan rings is 1. The molecule has 90 valence electrons. The van der Waals surface area contributed by atoms with Crippen molar-refractivity contribution in [3.63, 3.8) is 0 Å². The molecule has 17 heavy (non-hydrogen) atoms. The second-order valence-electron chi connectivity index (χ2n) is 3.83. The Labute approximate surface area is 101 Å². The van der Waals surface area contributed by atoms with Crippen LogP contribution in [-0.2, 0) is 6.54 Å². The van der Waals surface area contributed by atoms with Gasteiger partial charge < -0.3 is 14.5 Å². The summed E-state index contributed by atoms with van der Waals surface area (Å²) in [6.07, 6.45) is 5.21. The maximum absolute atomic E-state index is 5.68. The van der Waals surface area contributed by atoms with Crippen molar-refractivity contribution in [1.29, 1.82) is 0 Å². The Morgan fingerprint density at radius 2 is 2.35 bits per heavy atom. The summed E-state index contributed by atoms with van der Waals surface area (Å²) < 4.78 is 10.9. The number of nitrogens with one attached hydrogen (secondary N) is 1. The third kappa shape index (κ3) is 3.92. The van der Waals surface area contributed by atoms with Gasteiger partial charge in [-0.2, -0.15) is 0 Å². The van der Waals surface area contributed by atoms with Crippen LogP contribution in [0.25, 0.3) is 0 Å². The Balaban J connectivity index is 1.69. The first-order valence-electron chi connectivity index (χ1n) is 5.64. The number of ether oxygens (including phenoxy) is 1. The first-order chi connectivity index (χ1) is 8.34. The normalized spacial score (nSPS) is 12.3. The fraction of sp³-hybridized carbons (Fsp3) is 0.308. The molecule has 0 spiro atoms. The molecule has 2 heterocycles. The highest BCUT2D eigenvalue weighted by atomic mass is 16.5. The molecule has 2 aromatic rings. The number of hydrogen-bond acceptors (Lipinski definition) is 4. The lowest BCUT2D eigenvalue weighted by Crippen LogP contribution is -2.28. The first-order valence-corrected chi connectivity index (χ1v) is 5.64. The molecule has 4 heteroatoms. The van der Waals surface area contributed by atoms with Gasteiger partial charge in [0, 0.05) is 12.7 Å². The summed E-state index contributed by atoms with van der Waals surface area (Å²) in [7, 11) is 0. The molecule has 1 atom stereocenters. The zero-order valence-electron chi connectivity index (χ0n) is 9.80. The van der Waals surface area contributed by atoms with E-state index in [1.165, 1.54) is 0 Å². The molecule has 0 fully saturated rings. The molecule has 4 nitrogen and oxygen atoms in total. The second-order valence-corrected chi connectivity index (χ2v) is 3.83. The lowest BCUT2D eigenvalue weighted by atomic mass is 10.3. The Bertz CT molecular complexity index is 414. The summed E-state index contributed by atoms with van der Waals surface area (Å²) in [6, 6.07) is 7.58. The SMILES string of the molecule is CC(CNCc1ccco1)Oc1cccnc1. The molecule has 0 aliphatic heterocycles. The molecule has 0 radical (unpaired) electrons. The monoisotopic (exact) mass is 232 g/mol. The largest absolute Gasteiger partial charge is 0.488 e. The minimum Gasteiger partial charge on any atom is -0.488 e. The molecule has 1 N–H and O–H groups in total. The number of hydrogen-bond donors (Lipinski definition) is 1. The van der Waals surface area contributed by atoms with Crippen LogP contribution in [0.5, 0.6) is 5.75 Å². The van der Waals surface area contributed by atoms with E-state index in [1.807, 2.05) is 31.2 Å². The van der Waals surface area contributed by atoms with Crippen LogP contribution in [-0.4, -0.2) is 17.6 Å². The van der Waals surface area contributed by atoms with Gasteiger partial charge in [0.2, 0.25) is 0 Å². The van der Waals surface area contributed by atoms with Gasteiger partial charge in [-0.15, -0.1) is 0 Å². The number of aromatic nitrogens is 1.